The molecule has 1 amide bonds. The summed E-state index contributed by atoms with van der Waals surface area (Å²) in [7, 11) is 0. The van der Waals surface area contributed by atoms with E-state index in [-0.39, 0.29) is 30.5 Å². The molecule has 1 N–H and O–H groups in total. The van der Waals surface area contributed by atoms with Crippen LogP contribution in [-0.2, 0) is 9.47 Å². The fraction of sp³-hybridized carbons (Fsp3) is 0.800. The maximum atomic E-state index is 12.8. The van der Waals surface area contributed by atoms with E-state index in [2.05, 4.69) is 10.4 Å². The SMILES string of the molecule is Cl.O=C(c1ccn(C2CCCNC2)n1)N1CCC(OCC2CCCCO2)CC1. The number of rotatable bonds is 5. The largest absolute Gasteiger partial charge is 0.376 e. The number of likely N-dealkylation sites (tertiary alicyclic amines) is 1. The Morgan fingerprint density at radius 2 is 2.07 bits per heavy atom. The molecule has 2 atom stereocenters. The maximum Gasteiger partial charge on any atom is 0.274 e. The number of amides is 1. The lowest BCUT2D eigenvalue weighted by Crippen LogP contribution is -2.42. The van der Waals surface area contributed by atoms with Crippen LogP contribution in [0.25, 0.3) is 0 Å². The van der Waals surface area contributed by atoms with Crippen LogP contribution < -0.4 is 5.32 Å². The van der Waals surface area contributed by atoms with Crippen LogP contribution in [-0.4, -0.2) is 72.2 Å². The highest BCUT2D eigenvalue weighted by molar-refractivity contribution is 5.92. The van der Waals surface area contributed by atoms with Crippen LogP contribution in [0.3, 0.4) is 0 Å². The predicted octanol–water partition coefficient (Wildman–Crippen LogP) is 2.42. The van der Waals surface area contributed by atoms with Crippen molar-refractivity contribution in [1.82, 2.24) is 20.0 Å². The van der Waals surface area contributed by atoms with E-state index in [0.717, 1.165) is 64.9 Å². The average Bonchev–Trinajstić information content (AvgIpc) is 3.24. The summed E-state index contributed by atoms with van der Waals surface area (Å²) >= 11 is 0. The van der Waals surface area contributed by atoms with E-state index in [0.29, 0.717) is 18.3 Å². The quantitative estimate of drug-likeness (QED) is 0.804. The van der Waals surface area contributed by atoms with Gasteiger partial charge in [0.05, 0.1) is 24.9 Å². The number of halogens is 1. The normalized spacial score (nSPS) is 26.6. The number of hydrogen-bond acceptors (Lipinski definition) is 5. The van der Waals surface area contributed by atoms with E-state index in [9.17, 15) is 4.79 Å². The molecule has 0 aliphatic carbocycles. The monoisotopic (exact) mass is 412 g/mol. The van der Waals surface area contributed by atoms with Gasteiger partial charge in [-0.3, -0.25) is 9.48 Å². The Morgan fingerprint density at radius 3 is 2.79 bits per heavy atom. The Morgan fingerprint density at radius 1 is 1.21 bits per heavy atom. The minimum absolute atomic E-state index is 0. The van der Waals surface area contributed by atoms with Crippen molar-refractivity contribution in [1.29, 1.82) is 0 Å². The number of hydrogen-bond donors (Lipinski definition) is 1. The number of nitrogens with zero attached hydrogens (tertiary/aromatic N) is 3. The van der Waals surface area contributed by atoms with Crippen LogP contribution in [0, 0.1) is 0 Å². The number of aromatic nitrogens is 2. The van der Waals surface area contributed by atoms with Gasteiger partial charge in [-0.25, -0.2) is 0 Å². The summed E-state index contributed by atoms with van der Waals surface area (Å²) in [5, 5.41) is 7.96. The molecule has 3 fully saturated rings. The first-order valence-corrected chi connectivity index (χ1v) is 10.6. The number of nitrogens with one attached hydrogen (secondary N) is 1. The molecule has 7 nitrogen and oxygen atoms in total. The minimum Gasteiger partial charge on any atom is -0.376 e. The summed E-state index contributed by atoms with van der Waals surface area (Å²) in [6, 6.07) is 2.22. The second-order valence-corrected chi connectivity index (χ2v) is 7.99. The van der Waals surface area contributed by atoms with E-state index in [1.807, 2.05) is 21.8 Å². The second kappa shape index (κ2) is 10.6. The lowest BCUT2D eigenvalue weighted by Gasteiger charge is -2.32. The van der Waals surface area contributed by atoms with Gasteiger partial charge in [0.2, 0.25) is 0 Å². The summed E-state index contributed by atoms with van der Waals surface area (Å²) in [6.45, 7) is 5.05. The first-order valence-electron chi connectivity index (χ1n) is 10.6. The molecule has 0 aromatic carbocycles. The predicted molar refractivity (Wildman–Crippen MR) is 109 cm³/mol. The summed E-state index contributed by atoms with van der Waals surface area (Å²) in [4.78, 5) is 14.7. The smallest absolute Gasteiger partial charge is 0.274 e. The van der Waals surface area contributed by atoms with Crippen LogP contribution >= 0.6 is 12.4 Å². The zero-order valence-electron chi connectivity index (χ0n) is 16.6. The maximum absolute atomic E-state index is 12.8. The molecule has 158 valence electrons. The molecule has 3 saturated heterocycles. The van der Waals surface area contributed by atoms with Crippen molar-refractivity contribution in [3.05, 3.63) is 18.0 Å². The van der Waals surface area contributed by atoms with Gasteiger partial charge in [-0.2, -0.15) is 5.10 Å². The third kappa shape index (κ3) is 5.47. The summed E-state index contributed by atoms with van der Waals surface area (Å²) < 4.78 is 13.7. The van der Waals surface area contributed by atoms with Gasteiger partial charge in [-0.1, -0.05) is 0 Å². The van der Waals surface area contributed by atoms with E-state index >= 15 is 0 Å². The third-order valence-electron chi connectivity index (χ3n) is 5.99. The standard InChI is InChI=1S/C20H32N4O3.ClH/c25-20(19-8-12-24(22-19)16-4-3-9-21-14-16)23-10-6-17(7-11-23)27-15-18-5-1-2-13-26-18;/h8,12,16-18,21H,1-7,9-11,13-15H2;1H. The second-order valence-electron chi connectivity index (χ2n) is 7.99. The van der Waals surface area contributed by atoms with Gasteiger partial charge in [0, 0.05) is 32.4 Å². The van der Waals surface area contributed by atoms with Gasteiger partial charge in [0.1, 0.15) is 5.69 Å². The molecule has 28 heavy (non-hydrogen) atoms. The van der Waals surface area contributed by atoms with Crippen molar-refractivity contribution in [3.8, 4) is 0 Å². The van der Waals surface area contributed by atoms with Crippen LogP contribution in [0.5, 0.6) is 0 Å². The number of piperidine rings is 2. The molecule has 0 spiro atoms. The molecule has 2 unspecified atom stereocenters. The summed E-state index contributed by atoms with van der Waals surface area (Å²) in [5.41, 5.74) is 0.565. The number of carbonyl (C=O) groups excluding carboxylic acids is 1. The van der Waals surface area contributed by atoms with E-state index in [4.69, 9.17) is 9.47 Å². The molecular formula is C20H33ClN4O3. The fourth-order valence-electron chi connectivity index (χ4n) is 4.28. The number of ether oxygens (including phenoxy) is 2. The molecule has 0 saturated carbocycles. The lowest BCUT2D eigenvalue weighted by atomic mass is 10.1. The Labute approximate surface area is 173 Å². The van der Waals surface area contributed by atoms with Crippen molar-refractivity contribution >= 4 is 18.3 Å². The molecule has 3 aliphatic rings. The highest BCUT2D eigenvalue weighted by atomic mass is 35.5. The Kier molecular flexibility index (Phi) is 8.14. The fourth-order valence-corrected chi connectivity index (χ4v) is 4.28. The average molecular weight is 413 g/mol. The molecule has 0 radical (unpaired) electrons. The van der Waals surface area contributed by atoms with E-state index < -0.39 is 0 Å². The Bertz CT molecular complexity index is 606. The van der Waals surface area contributed by atoms with Crippen molar-refractivity contribution in [3.63, 3.8) is 0 Å². The Hall–Kier alpha value is -1.15. The molecule has 4 heterocycles. The van der Waals surface area contributed by atoms with Crippen molar-refractivity contribution in [2.45, 2.75) is 63.2 Å². The molecule has 1 aromatic heterocycles. The zero-order valence-corrected chi connectivity index (χ0v) is 17.4. The summed E-state index contributed by atoms with van der Waals surface area (Å²) in [5.74, 6) is 0.0478. The van der Waals surface area contributed by atoms with Crippen LogP contribution in [0.4, 0.5) is 0 Å². The molecule has 1 aromatic rings. The van der Waals surface area contributed by atoms with Gasteiger partial charge in [-0.15, -0.1) is 12.4 Å². The molecule has 8 heteroatoms. The van der Waals surface area contributed by atoms with E-state index in [1.54, 1.807) is 0 Å². The van der Waals surface area contributed by atoms with Crippen molar-refractivity contribution in [2.24, 2.45) is 0 Å². The third-order valence-corrected chi connectivity index (χ3v) is 5.99. The first kappa shape index (κ1) is 21.6. The van der Waals surface area contributed by atoms with Gasteiger partial charge < -0.3 is 19.7 Å². The van der Waals surface area contributed by atoms with Gasteiger partial charge in [-0.05, 0) is 57.6 Å². The summed E-state index contributed by atoms with van der Waals surface area (Å²) in [6.07, 6.45) is 10.0. The van der Waals surface area contributed by atoms with E-state index in [1.165, 1.54) is 12.8 Å². The number of carbonyl (C=O) groups is 1. The van der Waals surface area contributed by atoms with Crippen LogP contribution in [0.15, 0.2) is 12.3 Å². The van der Waals surface area contributed by atoms with Gasteiger partial charge in [0.25, 0.3) is 5.91 Å². The van der Waals surface area contributed by atoms with Gasteiger partial charge in [0.15, 0.2) is 0 Å². The van der Waals surface area contributed by atoms with Crippen LogP contribution in [0.1, 0.15) is 61.5 Å². The zero-order chi connectivity index (χ0) is 18.5. The van der Waals surface area contributed by atoms with Crippen LogP contribution in [0.2, 0.25) is 0 Å². The Balaban J connectivity index is 0.00000225. The van der Waals surface area contributed by atoms with Crippen molar-refractivity contribution < 1.29 is 14.3 Å². The van der Waals surface area contributed by atoms with Crippen molar-refractivity contribution in [2.75, 3.05) is 39.4 Å². The first-order chi connectivity index (χ1) is 13.3. The lowest BCUT2D eigenvalue weighted by molar-refractivity contribution is -0.0733. The molecule has 4 rings (SSSR count). The molecule has 3 aliphatic heterocycles. The molecular weight excluding hydrogens is 380 g/mol. The highest BCUT2D eigenvalue weighted by Crippen LogP contribution is 2.20. The highest BCUT2D eigenvalue weighted by Gasteiger charge is 2.27. The molecule has 0 bridgehead atoms. The minimum atomic E-state index is 0. The van der Waals surface area contributed by atoms with Gasteiger partial charge >= 0.3 is 0 Å². The topological polar surface area (TPSA) is 68.6 Å².